The molecule has 0 saturated carbocycles. The molecule has 12 heavy (non-hydrogen) atoms. The second kappa shape index (κ2) is 3.68. The van der Waals surface area contributed by atoms with Crippen molar-refractivity contribution in [2.75, 3.05) is 6.61 Å². The van der Waals surface area contributed by atoms with Crippen LogP contribution < -0.4 is 0 Å². The predicted molar refractivity (Wildman–Crippen MR) is 46.6 cm³/mol. The molecule has 0 radical (unpaired) electrons. The zero-order valence-corrected chi connectivity index (χ0v) is 7.34. The normalized spacial score (nSPS) is 13.0. The highest BCUT2D eigenvalue weighted by atomic mass is 19.1. The molecule has 0 heterocycles. The summed E-state index contributed by atoms with van der Waals surface area (Å²) >= 11 is 0. The number of aliphatic hydroxyl groups excluding tert-OH is 1. The van der Waals surface area contributed by atoms with Crippen LogP contribution in [0.2, 0.25) is 0 Å². The minimum Gasteiger partial charge on any atom is -0.396 e. The van der Waals surface area contributed by atoms with Gasteiger partial charge in [-0.25, -0.2) is 4.39 Å². The summed E-state index contributed by atoms with van der Waals surface area (Å²) in [7, 11) is 0. The Morgan fingerprint density at radius 3 is 2.75 bits per heavy atom. The van der Waals surface area contributed by atoms with Crippen molar-refractivity contribution < 1.29 is 9.50 Å². The van der Waals surface area contributed by atoms with Crippen molar-refractivity contribution in [3.8, 4) is 0 Å². The monoisotopic (exact) mass is 168 g/mol. The average Bonchev–Trinajstić information content (AvgIpc) is 2.08. The summed E-state index contributed by atoms with van der Waals surface area (Å²) in [6.07, 6.45) is 0. The van der Waals surface area contributed by atoms with Gasteiger partial charge in [-0.05, 0) is 18.6 Å². The molecule has 1 atom stereocenters. The maximum atomic E-state index is 13.1. The lowest BCUT2D eigenvalue weighted by Crippen LogP contribution is -2.02. The fourth-order valence-electron chi connectivity index (χ4n) is 1.14. The minimum atomic E-state index is -0.234. The van der Waals surface area contributed by atoms with E-state index in [-0.39, 0.29) is 18.3 Å². The third-order valence-corrected chi connectivity index (χ3v) is 1.96. The third kappa shape index (κ3) is 1.83. The number of rotatable bonds is 2. The Morgan fingerprint density at radius 2 is 2.17 bits per heavy atom. The van der Waals surface area contributed by atoms with Crippen LogP contribution in [0, 0.1) is 12.7 Å². The lowest BCUT2D eigenvalue weighted by molar-refractivity contribution is 0.270. The second-order valence-corrected chi connectivity index (χ2v) is 3.11. The van der Waals surface area contributed by atoms with Crippen LogP contribution in [0.3, 0.4) is 0 Å². The second-order valence-electron chi connectivity index (χ2n) is 3.11. The van der Waals surface area contributed by atoms with Crippen LogP contribution in [-0.2, 0) is 0 Å². The van der Waals surface area contributed by atoms with Crippen LogP contribution in [-0.4, -0.2) is 11.7 Å². The Labute approximate surface area is 71.9 Å². The maximum absolute atomic E-state index is 13.1. The van der Waals surface area contributed by atoms with E-state index in [0.717, 1.165) is 5.56 Å². The molecule has 0 bridgehead atoms. The summed E-state index contributed by atoms with van der Waals surface area (Å²) in [5.74, 6) is -0.355. The molecule has 1 nitrogen and oxygen atoms in total. The molecule has 0 spiro atoms. The fourth-order valence-corrected chi connectivity index (χ4v) is 1.14. The first-order valence-electron chi connectivity index (χ1n) is 4.02. The van der Waals surface area contributed by atoms with E-state index in [9.17, 15) is 4.39 Å². The third-order valence-electron chi connectivity index (χ3n) is 1.96. The lowest BCUT2D eigenvalue weighted by atomic mass is 10.00. The smallest absolute Gasteiger partial charge is 0.126 e. The van der Waals surface area contributed by atoms with Gasteiger partial charge in [0.05, 0.1) is 0 Å². The van der Waals surface area contributed by atoms with Gasteiger partial charge in [0.25, 0.3) is 0 Å². The summed E-state index contributed by atoms with van der Waals surface area (Å²) in [5.41, 5.74) is 1.62. The molecule has 1 rings (SSSR count). The number of aryl methyl sites for hydroxylation is 1. The predicted octanol–water partition coefficient (Wildman–Crippen LogP) is 2.23. The van der Waals surface area contributed by atoms with Crippen molar-refractivity contribution in [3.05, 3.63) is 35.1 Å². The van der Waals surface area contributed by atoms with Gasteiger partial charge in [0.15, 0.2) is 0 Å². The topological polar surface area (TPSA) is 20.2 Å². The van der Waals surface area contributed by atoms with Gasteiger partial charge in [0.1, 0.15) is 5.82 Å². The van der Waals surface area contributed by atoms with Gasteiger partial charge in [0.2, 0.25) is 0 Å². The first kappa shape index (κ1) is 9.20. The van der Waals surface area contributed by atoms with Gasteiger partial charge in [-0.2, -0.15) is 0 Å². The van der Waals surface area contributed by atoms with Crippen molar-refractivity contribution >= 4 is 0 Å². The Bertz CT molecular complexity index is 271. The molecule has 66 valence electrons. The Hall–Kier alpha value is -0.890. The Balaban J connectivity index is 3.04. The van der Waals surface area contributed by atoms with Crippen LogP contribution in [0.1, 0.15) is 24.0 Å². The molecule has 1 aromatic rings. The summed E-state index contributed by atoms with van der Waals surface area (Å²) in [6, 6.07) is 4.94. The van der Waals surface area contributed by atoms with Crippen molar-refractivity contribution in [1.82, 2.24) is 0 Å². The molecule has 1 unspecified atom stereocenters. The average molecular weight is 168 g/mol. The molecule has 2 heteroatoms. The zero-order valence-electron chi connectivity index (χ0n) is 7.34. The van der Waals surface area contributed by atoms with E-state index in [4.69, 9.17) is 5.11 Å². The molecular formula is C10H13FO. The first-order valence-corrected chi connectivity index (χ1v) is 4.02. The number of hydrogen-bond acceptors (Lipinski definition) is 1. The molecule has 0 amide bonds. The fraction of sp³-hybridized carbons (Fsp3) is 0.400. The Kier molecular flexibility index (Phi) is 2.82. The molecule has 1 N–H and O–H groups in total. The van der Waals surface area contributed by atoms with Gasteiger partial charge in [-0.15, -0.1) is 0 Å². The summed E-state index contributed by atoms with van der Waals surface area (Å²) in [5, 5.41) is 8.84. The van der Waals surface area contributed by atoms with Crippen molar-refractivity contribution in [2.24, 2.45) is 0 Å². The molecule has 0 aromatic heterocycles. The van der Waals surface area contributed by atoms with E-state index in [1.807, 2.05) is 6.92 Å². The van der Waals surface area contributed by atoms with E-state index in [2.05, 4.69) is 0 Å². The largest absolute Gasteiger partial charge is 0.396 e. The van der Waals surface area contributed by atoms with Crippen molar-refractivity contribution in [3.63, 3.8) is 0 Å². The van der Waals surface area contributed by atoms with E-state index >= 15 is 0 Å². The van der Waals surface area contributed by atoms with Crippen molar-refractivity contribution in [1.29, 1.82) is 0 Å². The molecule has 0 aliphatic carbocycles. The number of aliphatic hydroxyl groups is 1. The first-order chi connectivity index (χ1) is 5.65. The quantitative estimate of drug-likeness (QED) is 0.718. The highest BCUT2D eigenvalue weighted by Crippen LogP contribution is 2.19. The van der Waals surface area contributed by atoms with Gasteiger partial charge in [0, 0.05) is 12.5 Å². The van der Waals surface area contributed by atoms with E-state index in [1.165, 1.54) is 6.07 Å². The number of benzene rings is 1. The number of halogens is 1. The minimum absolute atomic E-state index is 0.0135. The zero-order chi connectivity index (χ0) is 9.14. The molecule has 0 aliphatic heterocycles. The van der Waals surface area contributed by atoms with E-state index in [0.29, 0.717) is 5.56 Å². The summed E-state index contributed by atoms with van der Waals surface area (Å²) in [6.45, 7) is 3.70. The lowest BCUT2D eigenvalue weighted by Gasteiger charge is -2.09. The Morgan fingerprint density at radius 1 is 1.50 bits per heavy atom. The molecular weight excluding hydrogens is 155 g/mol. The molecule has 0 saturated heterocycles. The van der Waals surface area contributed by atoms with Crippen LogP contribution in [0.5, 0.6) is 0 Å². The van der Waals surface area contributed by atoms with Gasteiger partial charge < -0.3 is 5.11 Å². The molecule has 0 aliphatic rings. The highest BCUT2D eigenvalue weighted by Gasteiger charge is 2.09. The van der Waals surface area contributed by atoms with Crippen LogP contribution in [0.4, 0.5) is 4.39 Å². The SMILES string of the molecule is Cc1ccc(F)c(C(C)CO)c1. The van der Waals surface area contributed by atoms with Gasteiger partial charge >= 0.3 is 0 Å². The van der Waals surface area contributed by atoms with Crippen LogP contribution >= 0.6 is 0 Å². The van der Waals surface area contributed by atoms with E-state index < -0.39 is 0 Å². The van der Waals surface area contributed by atoms with Gasteiger partial charge in [-0.3, -0.25) is 0 Å². The summed E-state index contributed by atoms with van der Waals surface area (Å²) in [4.78, 5) is 0. The molecule has 1 aromatic carbocycles. The highest BCUT2D eigenvalue weighted by molar-refractivity contribution is 5.26. The van der Waals surface area contributed by atoms with Crippen molar-refractivity contribution in [2.45, 2.75) is 19.8 Å². The molecule has 0 fully saturated rings. The summed E-state index contributed by atoms with van der Waals surface area (Å²) < 4.78 is 13.1. The standard InChI is InChI=1S/C10H13FO/c1-7-3-4-10(11)9(5-7)8(2)6-12/h3-5,8,12H,6H2,1-2H3. The number of hydrogen-bond donors (Lipinski definition) is 1. The maximum Gasteiger partial charge on any atom is 0.126 e. The van der Waals surface area contributed by atoms with E-state index in [1.54, 1.807) is 19.1 Å². The van der Waals surface area contributed by atoms with Gasteiger partial charge in [-0.1, -0.05) is 24.6 Å². The van der Waals surface area contributed by atoms with Crippen LogP contribution in [0.15, 0.2) is 18.2 Å². The van der Waals surface area contributed by atoms with Crippen LogP contribution in [0.25, 0.3) is 0 Å².